The van der Waals surface area contributed by atoms with Crippen molar-refractivity contribution in [2.75, 3.05) is 25.1 Å². The van der Waals surface area contributed by atoms with E-state index in [2.05, 4.69) is 4.72 Å². The van der Waals surface area contributed by atoms with Crippen LogP contribution in [0.3, 0.4) is 0 Å². The predicted molar refractivity (Wildman–Crippen MR) is 83.3 cm³/mol. The molecule has 0 aromatic heterocycles. The van der Waals surface area contributed by atoms with Crippen LogP contribution in [0.4, 0.5) is 5.69 Å². The van der Waals surface area contributed by atoms with Crippen molar-refractivity contribution >= 4 is 36.5 Å². The van der Waals surface area contributed by atoms with E-state index in [9.17, 15) is 16.8 Å². The predicted octanol–water partition coefficient (Wildman–Crippen LogP) is 1.46. The second-order valence-electron chi connectivity index (χ2n) is 4.82. The third-order valence-corrected chi connectivity index (χ3v) is 5.40. The van der Waals surface area contributed by atoms with Gasteiger partial charge in [0.15, 0.2) is 0 Å². The highest BCUT2D eigenvalue weighted by molar-refractivity contribution is 7.92. The Kier molecular flexibility index (Phi) is 3.96. The van der Waals surface area contributed by atoms with E-state index in [1.165, 1.54) is 26.2 Å². The minimum Gasteiger partial charge on any atom is -0.283 e. The number of nitrogens with zero attached hydrogens (tertiary/aromatic N) is 1. The number of sulfonamides is 2. The Balaban J connectivity index is 2.78. The van der Waals surface area contributed by atoms with Gasteiger partial charge in [0.1, 0.15) is 0 Å². The van der Waals surface area contributed by atoms with Crippen molar-refractivity contribution in [1.29, 1.82) is 0 Å². The number of anilines is 1. The topological polar surface area (TPSA) is 83.6 Å². The second-order valence-corrected chi connectivity index (χ2v) is 8.69. The molecule has 0 aliphatic rings. The van der Waals surface area contributed by atoms with E-state index in [0.29, 0.717) is 16.5 Å². The van der Waals surface area contributed by atoms with E-state index in [1.807, 2.05) is 0 Å². The SMILES string of the molecule is CN(C)S(=O)(=O)c1ccc(NS(C)(=O)=O)c2ccccc12. The Hall–Kier alpha value is -1.64. The molecule has 21 heavy (non-hydrogen) atoms. The zero-order valence-electron chi connectivity index (χ0n) is 11.9. The van der Waals surface area contributed by atoms with Crippen molar-refractivity contribution in [3.8, 4) is 0 Å². The van der Waals surface area contributed by atoms with Crippen LogP contribution in [0.2, 0.25) is 0 Å². The Bertz CT molecular complexity index is 888. The standard InChI is InChI=1S/C13H16N2O4S2/c1-15(2)21(18,19)13-9-8-12(14-20(3,16)17)10-6-4-5-7-11(10)13/h4-9,14H,1-3H3. The summed E-state index contributed by atoms with van der Waals surface area (Å²) in [6.07, 6.45) is 1.05. The van der Waals surface area contributed by atoms with Crippen molar-refractivity contribution < 1.29 is 16.8 Å². The Morgan fingerprint density at radius 1 is 0.905 bits per heavy atom. The van der Waals surface area contributed by atoms with Crippen LogP contribution >= 0.6 is 0 Å². The monoisotopic (exact) mass is 328 g/mol. The summed E-state index contributed by atoms with van der Waals surface area (Å²) >= 11 is 0. The van der Waals surface area contributed by atoms with Crippen molar-refractivity contribution in [2.45, 2.75) is 4.90 Å². The molecule has 0 aliphatic heterocycles. The van der Waals surface area contributed by atoms with Gasteiger partial charge in [0.05, 0.1) is 16.8 Å². The molecule has 0 fully saturated rings. The molecule has 0 aliphatic carbocycles. The van der Waals surface area contributed by atoms with Gasteiger partial charge in [-0.05, 0) is 12.1 Å². The number of benzene rings is 2. The van der Waals surface area contributed by atoms with Gasteiger partial charge in [-0.1, -0.05) is 24.3 Å². The highest BCUT2D eigenvalue weighted by atomic mass is 32.2. The summed E-state index contributed by atoms with van der Waals surface area (Å²) in [5.74, 6) is 0. The molecule has 2 rings (SSSR count). The molecule has 6 nitrogen and oxygen atoms in total. The highest BCUT2D eigenvalue weighted by Gasteiger charge is 2.21. The highest BCUT2D eigenvalue weighted by Crippen LogP contribution is 2.30. The Morgan fingerprint density at radius 3 is 2.00 bits per heavy atom. The normalized spacial score (nSPS) is 12.8. The molecule has 0 saturated carbocycles. The van der Waals surface area contributed by atoms with Gasteiger partial charge >= 0.3 is 0 Å². The van der Waals surface area contributed by atoms with Gasteiger partial charge in [0, 0.05) is 24.9 Å². The molecule has 0 saturated heterocycles. The number of fused-ring (bicyclic) bond motifs is 1. The lowest BCUT2D eigenvalue weighted by atomic mass is 10.1. The maximum absolute atomic E-state index is 12.3. The van der Waals surface area contributed by atoms with Gasteiger partial charge in [-0.3, -0.25) is 4.72 Å². The maximum atomic E-state index is 12.3. The van der Waals surface area contributed by atoms with Gasteiger partial charge in [-0.15, -0.1) is 0 Å². The molecule has 0 atom stereocenters. The summed E-state index contributed by atoms with van der Waals surface area (Å²) in [4.78, 5) is 0.141. The molecular weight excluding hydrogens is 312 g/mol. The van der Waals surface area contributed by atoms with E-state index in [-0.39, 0.29) is 4.90 Å². The van der Waals surface area contributed by atoms with Crippen LogP contribution in [-0.4, -0.2) is 41.5 Å². The van der Waals surface area contributed by atoms with Crippen molar-refractivity contribution in [3.63, 3.8) is 0 Å². The van der Waals surface area contributed by atoms with Crippen LogP contribution < -0.4 is 4.72 Å². The first-order valence-corrected chi connectivity index (χ1v) is 9.38. The molecule has 2 aromatic rings. The van der Waals surface area contributed by atoms with Crippen LogP contribution in [-0.2, 0) is 20.0 Å². The van der Waals surface area contributed by atoms with Crippen LogP contribution in [0.1, 0.15) is 0 Å². The van der Waals surface area contributed by atoms with Crippen molar-refractivity contribution in [3.05, 3.63) is 36.4 Å². The van der Waals surface area contributed by atoms with E-state index >= 15 is 0 Å². The summed E-state index contributed by atoms with van der Waals surface area (Å²) in [5, 5.41) is 1.01. The summed E-state index contributed by atoms with van der Waals surface area (Å²) in [5.41, 5.74) is 0.353. The maximum Gasteiger partial charge on any atom is 0.243 e. The van der Waals surface area contributed by atoms with Gasteiger partial charge < -0.3 is 0 Å². The third-order valence-electron chi connectivity index (χ3n) is 2.94. The molecule has 0 bridgehead atoms. The number of hydrogen-bond donors (Lipinski definition) is 1. The fourth-order valence-electron chi connectivity index (χ4n) is 1.98. The first kappa shape index (κ1) is 15.7. The van der Waals surface area contributed by atoms with E-state index < -0.39 is 20.0 Å². The van der Waals surface area contributed by atoms with Crippen molar-refractivity contribution in [1.82, 2.24) is 4.31 Å². The molecule has 8 heteroatoms. The van der Waals surface area contributed by atoms with Gasteiger partial charge in [-0.25, -0.2) is 21.1 Å². The average molecular weight is 328 g/mol. The summed E-state index contributed by atoms with van der Waals surface area (Å²) in [6.45, 7) is 0. The minimum absolute atomic E-state index is 0.141. The van der Waals surface area contributed by atoms with E-state index in [4.69, 9.17) is 0 Å². The largest absolute Gasteiger partial charge is 0.283 e. The molecule has 114 valence electrons. The van der Waals surface area contributed by atoms with Crippen molar-refractivity contribution in [2.24, 2.45) is 0 Å². The van der Waals surface area contributed by atoms with Crippen LogP contribution in [0.15, 0.2) is 41.3 Å². The van der Waals surface area contributed by atoms with Gasteiger partial charge in [-0.2, -0.15) is 0 Å². The van der Waals surface area contributed by atoms with Crippen LogP contribution in [0, 0.1) is 0 Å². The molecule has 0 spiro atoms. The fraction of sp³-hybridized carbons (Fsp3) is 0.231. The number of hydrogen-bond acceptors (Lipinski definition) is 4. The summed E-state index contributed by atoms with van der Waals surface area (Å²) in [7, 11) is -4.15. The molecule has 0 amide bonds. The van der Waals surface area contributed by atoms with Crippen LogP contribution in [0.25, 0.3) is 10.8 Å². The lowest BCUT2D eigenvalue weighted by molar-refractivity contribution is 0.521. The fourth-order valence-corrected chi connectivity index (χ4v) is 3.65. The molecule has 1 N–H and O–H groups in total. The zero-order chi connectivity index (χ0) is 15.8. The number of rotatable bonds is 4. The summed E-state index contributed by atoms with van der Waals surface area (Å²) in [6, 6.07) is 9.63. The zero-order valence-corrected chi connectivity index (χ0v) is 13.5. The van der Waals surface area contributed by atoms with E-state index in [1.54, 1.807) is 24.3 Å². The van der Waals surface area contributed by atoms with E-state index in [0.717, 1.165) is 10.6 Å². The lowest BCUT2D eigenvalue weighted by Gasteiger charge is -2.15. The average Bonchev–Trinajstić information content (AvgIpc) is 2.37. The Morgan fingerprint density at radius 2 is 1.48 bits per heavy atom. The minimum atomic E-state index is -3.61. The third kappa shape index (κ3) is 3.17. The summed E-state index contributed by atoms with van der Waals surface area (Å²) < 4.78 is 51.0. The molecule has 0 heterocycles. The first-order valence-electron chi connectivity index (χ1n) is 6.05. The molecular formula is C13H16N2O4S2. The molecule has 0 unspecified atom stereocenters. The molecule has 0 radical (unpaired) electrons. The number of nitrogens with one attached hydrogen (secondary N) is 1. The second kappa shape index (κ2) is 5.28. The first-order chi connectivity index (χ1) is 9.63. The van der Waals surface area contributed by atoms with Gasteiger partial charge in [0.2, 0.25) is 20.0 Å². The lowest BCUT2D eigenvalue weighted by Crippen LogP contribution is -2.22. The molecule has 2 aromatic carbocycles. The Labute approximate surface area is 124 Å². The smallest absolute Gasteiger partial charge is 0.243 e. The quantitative estimate of drug-likeness (QED) is 0.921. The van der Waals surface area contributed by atoms with Crippen LogP contribution in [0.5, 0.6) is 0 Å². The van der Waals surface area contributed by atoms with Gasteiger partial charge in [0.25, 0.3) is 0 Å².